The van der Waals surface area contributed by atoms with Gasteiger partial charge in [0.05, 0.1) is 5.02 Å². The predicted octanol–water partition coefficient (Wildman–Crippen LogP) is 2.86. The molecule has 0 bridgehead atoms. The maximum Gasteiger partial charge on any atom is 0.142 e. The van der Waals surface area contributed by atoms with E-state index in [0.29, 0.717) is 11.7 Å². The van der Waals surface area contributed by atoms with E-state index in [0.717, 1.165) is 25.4 Å². The molecule has 1 aliphatic carbocycles. The highest BCUT2D eigenvalue weighted by molar-refractivity contribution is 6.30. The predicted molar refractivity (Wildman–Crippen MR) is 64.9 cm³/mol. The Labute approximate surface area is 105 Å². The molecule has 92 valence electrons. The van der Waals surface area contributed by atoms with Gasteiger partial charge in [0.15, 0.2) is 0 Å². The number of rotatable bonds is 2. The van der Waals surface area contributed by atoms with E-state index in [4.69, 9.17) is 16.3 Å². The molecule has 0 spiro atoms. The van der Waals surface area contributed by atoms with Crippen LogP contribution in [0.15, 0.2) is 18.2 Å². The van der Waals surface area contributed by atoms with Gasteiger partial charge in [0, 0.05) is 18.5 Å². The van der Waals surface area contributed by atoms with Crippen molar-refractivity contribution in [2.45, 2.75) is 18.9 Å². The van der Waals surface area contributed by atoms with Crippen molar-refractivity contribution >= 4 is 11.6 Å². The topological polar surface area (TPSA) is 21.3 Å². The van der Waals surface area contributed by atoms with Crippen LogP contribution in [-0.2, 0) is 0 Å². The average Bonchev–Trinajstić information content (AvgIpc) is 2.88. The van der Waals surface area contributed by atoms with E-state index in [2.05, 4.69) is 5.32 Å². The third kappa shape index (κ3) is 2.14. The number of hydrogen-bond donors (Lipinski definition) is 1. The first kappa shape index (κ1) is 11.3. The normalized spacial score (nSPS) is 31.5. The molecule has 3 rings (SSSR count). The number of benzene rings is 1. The minimum absolute atomic E-state index is 0.126. The Morgan fingerprint density at radius 1 is 1.29 bits per heavy atom. The molecule has 2 fully saturated rings. The van der Waals surface area contributed by atoms with Crippen LogP contribution in [-0.4, -0.2) is 19.2 Å². The van der Waals surface area contributed by atoms with Crippen molar-refractivity contribution in [1.29, 1.82) is 0 Å². The molecule has 0 amide bonds. The first-order valence-electron chi connectivity index (χ1n) is 6.06. The molecule has 1 N–H and O–H groups in total. The highest BCUT2D eigenvalue weighted by atomic mass is 35.5. The molecule has 1 aliphatic heterocycles. The number of hydrogen-bond acceptors (Lipinski definition) is 2. The molecule has 4 heteroatoms. The molecule has 0 aromatic heterocycles. The van der Waals surface area contributed by atoms with Gasteiger partial charge in [0.2, 0.25) is 0 Å². The maximum atomic E-state index is 13.0. The molecule has 1 aromatic rings. The molecule has 2 aliphatic rings. The van der Waals surface area contributed by atoms with E-state index in [9.17, 15) is 4.39 Å². The van der Waals surface area contributed by atoms with Gasteiger partial charge in [-0.25, -0.2) is 4.39 Å². The van der Waals surface area contributed by atoms with Gasteiger partial charge < -0.3 is 10.1 Å². The second-order valence-electron chi connectivity index (χ2n) is 4.89. The van der Waals surface area contributed by atoms with Crippen molar-refractivity contribution in [3.63, 3.8) is 0 Å². The van der Waals surface area contributed by atoms with E-state index in [1.54, 1.807) is 12.1 Å². The van der Waals surface area contributed by atoms with Gasteiger partial charge in [0.25, 0.3) is 0 Å². The lowest BCUT2D eigenvalue weighted by molar-refractivity contribution is 0.158. The largest absolute Gasteiger partial charge is 0.490 e. The molecule has 2 nitrogen and oxygen atoms in total. The zero-order valence-corrected chi connectivity index (χ0v) is 10.2. The second kappa shape index (κ2) is 4.46. The lowest BCUT2D eigenvalue weighted by Crippen LogP contribution is -2.26. The van der Waals surface area contributed by atoms with Crippen LogP contribution in [0.3, 0.4) is 0 Å². The van der Waals surface area contributed by atoms with Crippen LogP contribution in [0.4, 0.5) is 4.39 Å². The summed E-state index contributed by atoms with van der Waals surface area (Å²) in [6, 6.07) is 4.57. The number of fused-ring (bicyclic) bond motifs is 1. The molecule has 17 heavy (non-hydrogen) atoms. The minimum atomic E-state index is -0.397. The zero-order chi connectivity index (χ0) is 11.8. The summed E-state index contributed by atoms with van der Waals surface area (Å²) in [6.07, 6.45) is 2.56. The fraction of sp³-hybridized carbons (Fsp3) is 0.538. The smallest absolute Gasteiger partial charge is 0.142 e. The quantitative estimate of drug-likeness (QED) is 0.878. The van der Waals surface area contributed by atoms with Crippen LogP contribution in [0.25, 0.3) is 0 Å². The van der Waals surface area contributed by atoms with Crippen LogP contribution in [0, 0.1) is 17.7 Å². The van der Waals surface area contributed by atoms with E-state index in [-0.39, 0.29) is 11.1 Å². The van der Waals surface area contributed by atoms with Gasteiger partial charge in [-0.2, -0.15) is 0 Å². The van der Waals surface area contributed by atoms with Crippen LogP contribution in [0.5, 0.6) is 5.75 Å². The second-order valence-corrected chi connectivity index (χ2v) is 5.30. The molecule has 2 unspecified atom stereocenters. The van der Waals surface area contributed by atoms with E-state index in [1.807, 2.05) is 0 Å². The molecule has 1 saturated carbocycles. The van der Waals surface area contributed by atoms with Crippen LogP contribution in [0.1, 0.15) is 12.8 Å². The molecular formula is C13H15ClFNO. The van der Waals surface area contributed by atoms with Gasteiger partial charge in [0.1, 0.15) is 17.7 Å². The maximum absolute atomic E-state index is 13.0. The summed E-state index contributed by atoms with van der Waals surface area (Å²) in [7, 11) is 0. The summed E-state index contributed by atoms with van der Waals surface area (Å²) >= 11 is 5.74. The van der Waals surface area contributed by atoms with Crippen molar-refractivity contribution < 1.29 is 9.13 Å². The fourth-order valence-electron chi connectivity index (χ4n) is 2.97. The highest BCUT2D eigenvalue weighted by Crippen LogP contribution is 2.37. The SMILES string of the molecule is Fc1ccc(O[C@H]2CCC3CNCC32)cc1Cl. The summed E-state index contributed by atoms with van der Waals surface area (Å²) in [6.45, 7) is 2.14. The Morgan fingerprint density at radius 2 is 2.18 bits per heavy atom. The first-order valence-corrected chi connectivity index (χ1v) is 6.44. The molecule has 1 saturated heterocycles. The van der Waals surface area contributed by atoms with E-state index >= 15 is 0 Å². The van der Waals surface area contributed by atoms with Gasteiger partial charge in [-0.15, -0.1) is 0 Å². The van der Waals surface area contributed by atoms with E-state index < -0.39 is 5.82 Å². The monoisotopic (exact) mass is 255 g/mol. The Hall–Kier alpha value is -0.800. The molecule has 3 atom stereocenters. The highest BCUT2D eigenvalue weighted by Gasteiger charge is 2.40. The minimum Gasteiger partial charge on any atom is -0.490 e. The van der Waals surface area contributed by atoms with Crippen molar-refractivity contribution in [3.05, 3.63) is 29.0 Å². The van der Waals surface area contributed by atoms with Crippen molar-refractivity contribution in [1.82, 2.24) is 5.32 Å². The number of nitrogens with one attached hydrogen (secondary N) is 1. The van der Waals surface area contributed by atoms with Crippen LogP contribution < -0.4 is 10.1 Å². The van der Waals surface area contributed by atoms with Gasteiger partial charge >= 0.3 is 0 Å². The number of halogens is 2. The third-order valence-electron chi connectivity index (χ3n) is 3.87. The molecule has 1 heterocycles. The number of ether oxygens (including phenoxy) is 1. The van der Waals surface area contributed by atoms with Crippen LogP contribution >= 0.6 is 11.6 Å². The van der Waals surface area contributed by atoms with Crippen LogP contribution in [0.2, 0.25) is 5.02 Å². The Morgan fingerprint density at radius 3 is 3.00 bits per heavy atom. The summed E-state index contributed by atoms with van der Waals surface area (Å²) in [5, 5.41) is 3.52. The summed E-state index contributed by atoms with van der Waals surface area (Å²) < 4.78 is 19.0. The summed E-state index contributed by atoms with van der Waals surface area (Å²) in [5.41, 5.74) is 0. The molecular weight excluding hydrogens is 241 g/mol. The Bertz CT molecular complexity index is 426. The summed E-state index contributed by atoms with van der Waals surface area (Å²) in [5.74, 6) is 1.62. The molecule has 0 radical (unpaired) electrons. The zero-order valence-electron chi connectivity index (χ0n) is 9.46. The van der Waals surface area contributed by atoms with E-state index in [1.165, 1.54) is 12.5 Å². The Balaban J connectivity index is 1.72. The molecule has 1 aromatic carbocycles. The van der Waals surface area contributed by atoms with Crippen molar-refractivity contribution in [2.75, 3.05) is 13.1 Å². The van der Waals surface area contributed by atoms with Crippen molar-refractivity contribution in [3.8, 4) is 5.75 Å². The fourth-order valence-corrected chi connectivity index (χ4v) is 3.14. The van der Waals surface area contributed by atoms with Gasteiger partial charge in [-0.05, 0) is 37.4 Å². The first-order chi connectivity index (χ1) is 8.24. The van der Waals surface area contributed by atoms with Crippen molar-refractivity contribution in [2.24, 2.45) is 11.8 Å². The Kier molecular flexibility index (Phi) is 2.97. The lowest BCUT2D eigenvalue weighted by atomic mass is 9.99. The third-order valence-corrected chi connectivity index (χ3v) is 4.16. The lowest BCUT2D eigenvalue weighted by Gasteiger charge is -2.20. The van der Waals surface area contributed by atoms with Gasteiger partial charge in [-0.1, -0.05) is 11.6 Å². The standard InChI is InChI=1S/C13H15ClFNO/c14-11-5-9(2-3-12(11)15)17-13-4-1-8-6-16-7-10(8)13/h2-3,5,8,10,13,16H,1,4,6-7H2/t8?,10?,13-/m0/s1. The van der Waals surface area contributed by atoms with Gasteiger partial charge in [-0.3, -0.25) is 0 Å². The average molecular weight is 256 g/mol. The summed E-state index contributed by atoms with van der Waals surface area (Å²) in [4.78, 5) is 0.